The smallest absolute Gasteiger partial charge is 0.310 e. The maximum absolute atomic E-state index is 11.0. The summed E-state index contributed by atoms with van der Waals surface area (Å²) in [5.41, 5.74) is 0.744. The predicted octanol–water partition coefficient (Wildman–Crippen LogP) is 1.74. The maximum Gasteiger partial charge on any atom is 0.310 e. The van der Waals surface area contributed by atoms with Crippen LogP contribution >= 0.6 is 15.9 Å². The third-order valence-corrected chi connectivity index (χ3v) is 2.51. The van der Waals surface area contributed by atoms with E-state index in [-0.39, 0.29) is 12.2 Å². The summed E-state index contributed by atoms with van der Waals surface area (Å²) in [5.74, 6) is -0.526. The minimum absolute atomic E-state index is 0.0212. The van der Waals surface area contributed by atoms with Crippen LogP contribution in [0, 0.1) is 11.3 Å². The van der Waals surface area contributed by atoms with E-state index in [0.29, 0.717) is 15.6 Å². The number of hydrogen-bond donors (Lipinski definition) is 1. The molecular formula is C10H8BrNO3. The topological polar surface area (TPSA) is 70.3 Å². The van der Waals surface area contributed by atoms with Gasteiger partial charge in [0.15, 0.2) is 0 Å². The van der Waals surface area contributed by atoms with E-state index in [1.807, 2.05) is 6.07 Å². The molecule has 1 rings (SSSR count). The number of esters is 1. The van der Waals surface area contributed by atoms with Gasteiger partial charge in [-0.05, 0) is 28.1 Å². The zero-order chi connectivity index (χ0) is 11.4. The lowest BCUT2D eigenvalue weighted by Crippen LogP contribution is -2.04. The third kappa shape index (κ3) is 2.70. The molecule has 0 saturated carbocycles. The van der Waals surface area contributed by atoms with Gasteiger partial charge in [-0.3, -0.25) is 4.79 Å². The lowest BCUT2D eigenvalue weighted by Gasteiger charge is -2.05. The van der Waals surface area contributed by atoms with Gasteiger partial charge in [-0.25, -0.2) is 0 Å². The number of aromatic hydroxyl groups is 1. The second-order valence-electron chi connectivity index (χ2n) is 2.83. The van der Waals surface area contributed by atoms with E-state index in [4.69, 9.17) is 5.26 Å². The minimum atomic E-state index is -0.443. The van der Waals surface area contributed by atoms with Gasteiger partial charge in [0.25, 0.3) is 0 Å². The van der Waals surface area contributed by atoms with Crippen molar-refractivity contribution in [1.82, 2.24) is 0 Å². The number of nitrogens with zero attached hydrogens (tertiary/aromatic N) is 1. The number of nitriles is 1. The molecule has 0 fully saturated rings. The zero-order valence-electron chi connectivity index (χ0n) is 7.95. The van der Waals surface area contributed by atoms with Crippen molar-refractivity contribution in [2.75, 3.05) is 7.11 Å². The molecule has 4 nitrogen and oxygen atoms in total. The highest BCUT2D eigenvalue weighted by molar-refractivity contribution is 9.10. The number of rotatable bonds is 2. The van der Waals surface area contributed by atoms with Crippen LogP contribution in [0.4, 0.5) is 0 Å². The lowest BCUT2D eigenvalue weighted by atomic mass is 10.1. The Hall–Kier alpha value is -1.54. The van der Waals surface area contributed by atoms with Gasteiger partial charge >= 0.3 is 5.97 Å². The highest BCUT2D eigenvalue weighted by Crippen LogP contribution is 2.26. The van der Waals surface area contributed by atoms with Gasteiger partial charge in [0, 0.05) is 10.0 Å². The molecule has 0 atom stereocenters. The van der Waals surface area contributed by atoms with Crippen molar-refractivity contribution in [3.05, 3.63) is 27.7 Å². The van der Waals surface area contributed by atoms with E-state index in [9.17, 15) is 9.90 Å². The largest absolute Gasteiger partial charge is 0.508 e. The number of methoxy groups -OCH3 is 1. The highest BCUT2D eigenvalue weighted by atomic mass is 79.9. The third-order valence-electron chi connectivity index (χ3n) is 1.85. The molecule has 0 aliphatic heterocycles. The quantitative estimate of drug-likeness (QED) is 0.831. The van der Waals surface area contributed by atoms with Crippen LogP contribution in [-0.2, 0) is 16.0 Å². The molecule has 0 bridgehead atoms. The molecule has 78 valence electrons. The first-order valence-electron chi connectivity index (χ1n) is 4.06. The van der Waals surface area contributed by atoms with E-state index >= 15 is 0 Å². The minimum Gasteiger partial charge on any atom is -0.508 e. The first-order chi connectivity index (χ1) is 7.08. The summed E-state index contributed by atoms with van der Waals surface area (Å²) in [7, 11) is 1.28. The van der Waals surface area contributed by atoms with Crippen molar-refractivity contribution >= 4 is 21.9 Å². The molecule has 1 aromatic rings. The van der Waals surface area contributed by atoms with E-state index in [1.165, 1.54) is 19.2 Å². The molecule has 0 saturated heterocycles. The number of hydrogen-bond acceptors (Lipinski definition) is 4. The lowest BCUT2D eigenvalue weighted by molar-refractivity contribution is -0.139. The molecule has 0 aliphatic rings. The molecule has 0 aromatic heterocycles. The van der Waals surface area contributed by atoms with Crippen molar-refractivity contribution in [3.8, 4) is 11.8 Å². The number of carbonyl (C=O) groups excluding carboxylic acids is 1. The van der Waals surface area contributed by atoms with Gasteiger partial charge < -0.3 is 9.84 Å². The molecule has 1 N–H and O–H groups in total. The molecule has 1 aromatic carbocycles. The van der Waals surface area contributed by atoms with Gasteiger partial charge in [-0.2, -0.15) is 5.26 Å². The number of phenolic OH excluding ortho intramolecular Hbond substituents is 1. The summed E-state index contributed by atoms with van der Waals surface area (Å²) in [6.45, 7) is 0. The van der Waals surface area contributed by atoms with Crippen LogP contribution in [0.25, 0.3) is 0 Å². The van der Waals surface area contributed by atoms with Gasteiger partial charge in [0.05, 0.1) is 19.1 Å². The molecule has 0 radical (unpaired) electrons. The summed E-state index contributed by atoms with van der Waals surface area (Å²) in [6.07, 6.45) is -0.0212. The Balaban J connectivity index is 3.06. The first-order valence-corrected chi connectivity index (χ1v) is 4.86. The van der Waals surface area contributed by atoms with Crippen molar-refractivity contribution in [2.45, 2.75) is 6.42 Å². The SMILES string of the molecule is COC(=O)Cc1cc(Br)c(C#N)cc1O. The second kappa shape index (κ2) is 4.80. The average Bonchev–Trinajstić information content (AvgIpc) is 2.22. The van der Waals surface area contributed by atoms with Crippen molar-refractivity contribution < 1.29 is 14.6 Å². The van der Waals surface area contributed by atoms with Gasteiger partial charge in [0.2, 0.25) is 0 Å². The van der Waals surface area contributed by atoms with Crippen LogP contribution in [0.15, 0.2) is 16.6 Å². The number of phenols is 1. The van der Waals surface area contributed by atoms with Gasteiger partial charge in [-0.1, -0.05) is 0 Å². The normalized spacial score (nSPS) is 9.40. The Bertz CT molecular complexity index is 437. The van der Waals surface area contributed by atoms with Crippen LogP contribution in [0.5, 0.6) is 5.75 Å². The summed E-state index contributed by atoms with van der Waals surface area (Å²) >= 11 is 3.17. The Morgan fingerprint density at radius 3 is 2.87 bits per heavy atom. The molecular weight excluding hydrogens is 262 g/mol. The summed E-state index contributed by atoms with van der Waals surface area (Å²) in [5, 5.41) is 18.2. The Kier molecular flexibility index (Phi) is 3.69. The van der Waals surface area contributed by atoms with Gasteiger partial charge in [-0.15, -0.1) is 0 Å². The fourth-order valence-corrected chi connectivity index (χ4v) is 1.54. The number of halogens is 1. The van der Waals surface area contributed by atoms with Crippen molar-refractivity contribution in [3.63, 3.8) is 0 Å². The molecule has 15 heavy (non-hydrogen) atoms. The molecule has 0 heterocycles. The van der Waals surface area contributed by atoms with Crippen LogP contribution in [0.3, 0.4) is 0 Å². The van der Waals surface area contributed by atoms with Gasteiger partial charge in [0.1, 0.15) is 11.8 Å². The second-order valence-corrected chi connectivity index (χ2v) is 3.68. The molecule has 5 heteroatoms. The molecule has 0 amide bonds. The molecule has 0 unspecified atom stereocenters. The Morgan fingerprint density at radius 2 is 2.33 bits per heavy atom. The standard InChI is InChI=1S/C10H8BrNO3/c1-15-10(14)4-6-2-8(11)7(5-12)3-9(6)13/h2-3,13H,4H2,1H3. The number of carbonyl (C=O) groups is 1. The van der Waals surface area contributed by atoms with Crippen LogP contribution in [0.1, 0.15) is 11.1 Å². The fourth-order valence-electron chi connectivity index (χ4n) is 1.06. The zero-order valence-corrected chi connectivity index (χ0v) is 9.54. The van der Waals surface area contributed by atoms with E-state index in [0.717, 1.165) is 0 Å². The Morgan fingerprint density at radius 1 is 1.67 bits per heavy atom. The molecule has 0 spiro atoms. The predicted molar refractivity (Wildman–Crippen MR) is 56.2 cm³/mol. The average molecular weight is 270 g/mol. The maximum atomic E-state index is 11.0. The Labute approximate surface area is 95.2 Å². The first kappa shape index (κ1) is 11.5. The van der Waals surface area contributed by atoms with E-state index in [1.54, 1.807) is 0 Å². The van der Waals surface area contributed by atoms with Crippen molar-refractivity contribution in [1.29, 1.82) is 5.26 Å². The summed E-state index contributed by atoms with van der Waals surface area (Å²) in [4.78, 5) is 11.0. The van der Waals surface area contributed by atoms with Crippen LogP contribution in [0.2, 0.25) is 0 Å². The van der Waals surface area contributed by atoms with E-state index in [2.05, 4.69) is 20.7 Å². The number of benzene rings is 1. The van der Waals surface area contributed by atoms with E-state index < -0.39 is 5.97 Å². The van der Waals surface area contributed by atoms with Crippen molar-refractivity contribution in [2.24, 2.45) is 0 Å². The number of ether oxygens (including phenoxy) is 1. The molecule has 0 aliphatic carbocycles. The highest BCUT2D eigenvalue weighted by Gasteiger charge is 2.11. The fraction of sp³-hybridized carbons (Fsp3) is 0.200. The monoisotopic (exact) mass is 269 g/mol. The summed E-state index contributed by atoms with van der Waals surface area (Å²) < 4.78 is 5.02. The summed E-state index contributed by atoms with van der Waals surface area (Å²) in [6, 6.07) is 4.75. The van der Waals surface area contributed by atoms with Crippen LogP contribution < -0.4 is 0 Å². The van der Waals surface area contributed by atoms with Crippen LogP contribution in [-0.4, -0.2) is 18.2 Å².